The topological polar surface area (TPSA) is 78.5 Å². The zero-order chi connectivity index (χ0) is 25.9. The SMILES string of the molecule is Cc1cccc(CNC(=O)c2ccccc2NC(=O)[C@H]2CC(=O)N(c3cccc(C(F)(F)F)c3)C2)c1. The van der Waals surface area contributed by atoms with Gasteiger partial charge in [0.15, 0.2) is 0 Å². The van der Waals surface area contributed by atoms with E-state index in [9.17, 15) is 27.6 Å². The van der Waals surface area contributed by atoms with Gasteiger partial charge in [0.2, 0.25) is 11.8 Å². The molecule has 0 radical (unpaired) electrons. The lowest BCUT2D eigenvalue weighted by atomic mass is 10.1. The van der Waals surface area contributed by atoms with E-state index < -0.39 is 29.5 Å². The standard InChI is InChI=1S/C27H24F3N3O3/c1-17-6-4-7-18(12-17)15-31-26(36)22-10-2-3-11-23(22)32-25(35)19-13-24(34)33(16-19)21-9-5-8-20(14-21)27(28,29)30/h2-12,14,19H,13,15-16H2,1H3,(H,31,36)(H,32,35)/t19-/m0/s1. The largest absolute Gasteiger partial charge is 0.416 e. The number of nitrogens with one attached hydrogen (secondary N) is 2. The van der Waals surface area contributed by atoms with E-state index in [1.54, 1.807) is 24.3 Å². The number of amides is 3. The highest BCUT2D eigenvalue weighted by Crippen LogP contribution is 2.33. The first-order valence-corrected chi connectivity index (χ1v) is 11.3. The van der Waals surface area contributed by atoms with Crippen molar-refractivity contribution in [2.75, 3.05) is 16.8 Å². The Bertz CT molecular complexity index is 1310. The number of alkyl halides is 3. The summed E-state index contributed by atoms with van der Waals surface area (Å²) in [5.74, 6) is -2.09. The number of para-hydroxylation sites is 1. The van der Waals surface area contributed by atoms with Gasteiger partial charge in [-0.2, -0.15) is 13.2 Å². The lowest BCUT2D eigenvalue weighted by Crippen LogP contribution is -2.29. The second kappa shape index (κ2) is 10.2. The van der Waals surface area contributed by atoms with Gasteiger partial charge in [-0.1, -0.05) is 48.0 Å². The molecule has 1 aliphatic heterocycles. The van der Waals surface area contributed by atoms with Crippen LogP contribution in [0.25, 0.3) is 0 Å². The fourth-order valence-electron chi connectivity index (χ4n) is 4.11. The normalized spacial score (nSPS) is 15.6. The fourth-order valence-corrected chi connectivity index (χ4v) is 4.11. The van der Waals surface area contributed by atoms with Crippen LogP contribution < -0.4 is 15.5 Å². The average molecular weight is 496 g/mol. The molecule has 1 saturated heterocycles. The summed E-state index contributed by atoms with van der Waals surface area (Å²) in [6.45, 7) is 2.21. The molecule has 0 aliphatic carbocycles. The number of hydrogen-bond acceptors (Lipinski definition) is 3. The van der Waals surface area contributed by atoms with Crippen LogP contribution in [-0.2, 0) is 22.3 Å². The third-order valence-electron chi connectivity index (χ3n) is 5.95. The van der Waals surface area contributed by atoms with E-state index in [0.29, 0.717) is 6.54 Å². The van der Waals surface area contributed by atoms with Gasteiger partial charge in [0.1, 0.15) is 0 Å². The molecule has 3 aromatic rings. The van der Waals surface area contributed by atoms with Crippen LogP contribution in [0.3, 0.4) is 0 Å². The molecule has 0 bridgehead atoms. The maximum absolute atomic E-state index is 13.1. The van der Waals surface area contributed by atoms with Gasteiger partial charge in [0, 0.05) is 25.2 Å². The van der Waals surface area contributed by atoms with Crippen LogP contribution >= 0.6 is 0 Å². The van der Waals surface area contributed by atoms with E-state index in [0.717, 1.165) is 23.3 Å². The van der Waals surface area contributed by atoms with Gasteiger partial charge < -0.3 is 15.5 Å². The summed E-state index contributed by atoms with van der Waals surface area (Å²) in [6.07, 6.45) is -4.69. The molecule has 1 heterocycles. The quantitative estimate of drug-likeness (QED) is 0.509. The number of benzene rings is 3. The average Bonchev–Trinajstić information content (AvgIpc) is 3.24. The predicted octanol–water partition coefficient (Wildman–Crippen LogP) is 4.94. The van der Waals surface area contributed by atoms with Crippen LogP contribution in [0, 0.1) is 12.8 Å². The Morgan fingerprint density at radius 2 is 1.75 bits per heavy atom. The number of anilines is 2. The van der Waals surface area contributed by atoms with E-state index in [-0.39, 0.29) is 35.8 Å². The summed E-state index contributed by atoms with van der Waals surface area (Å²) in [6, 6.07) is 18.7. The van der Waals surface area contributed by atoms with Gasteiger partial charge >= 0.3 is 6.18 Å². The van der Waals surface area contributed by atoms with Gasteiger partial charge in [-0.15, -0.1) is 0 Å². The molecule has 1 atom stereocenters. The van der Waals surface area contributed by atoms with E-state index in [2.05, 4.69) is 10.6 Å². The second-order valence-corrected chi connectivity index (χ2v) is 8.66. The molecule has 6 nitrogen and oxygen atoms in total. The maximum atomic E-state index is 13.1. The second-order valence-electron chi connectivity index (χ2n) is 8.66. The Balaban J connectivity index is 1.43. The van der Waals surface area contributed by atoms with Gasteiger partial charge in [-0.05, 0) is 42.8 Å². The summed E-state index contributed by atoms with van der Waals surface area (Å²) in [4.78, 5) is 39.5. The van der Waals surface area contributed by atoms with Gasteiger partial charge in [-0.3, -0.25) is 14.4 Å². The number of halogens is 3. The molecule has 0 unspecified atom stereocenters. The van der Waals surface area contributed by atoms with E-state index in [4.69, 9.17) is 0 Å². The Hall–Kier alpha value is -4.14. The molecular formula is C27H24F3N3O3. The van der Waals surface area contributed by atoms with Crippen LogP contribution in [0.4, 0.5) is 24.5 Å². The zero-order valence-electron chi connectivity index (χ0n) is 19.4. The van der Waals surface area contributed by atoms with Crippen LogP contribution in [0.2, 0.25) is 0 Å². The molecule has 1 aliphatic rings. The molecule has 3 amide bonds. The number of carbonyl (C=O) groups is 3. The molecule has 36 heavy (non-hydrogen) atoms. The highest BCUT2D eigenvalue weighted by Gasteiger charge is 2.37. The Morgan fingerprint density at radius 3 is 2.50 bits per heavy atom. The van der Waals surface area contributed by atoms with Crippen molar-refractivity contribution in [1.29, 1.82) is 0 Å². The van der Waals surface area contributed by atoms with Crippen LogP contribution in [0.5, 0.6) is 0 Å². The van der Waals surface area contributed by atoms with Crippen LogP contribution in [0.1, 0.15) is 33.5 Å². The van der Waals surface area contributed by atoms with Gasteiger partial charge in [-0.25, -0.2) is 0 Å². The summed E-state index contributed by atoms with van der Waals surface area (Å²) < 4.78 is 39.2. The summed E-state index contributed by atoms with van der Waals surface area (Å²) >= 11 is 0. The molecule has 2 N–H and O–H groups in total. The van der Waals surface area contributed by atoms with Crippen molar-refractivity contribution in [1.82, 2.24) is 5.32 Å². The monoisotopic (exact) mass is 495 g/mol. The number of aryl methyl sites for hydroxylation is 1. The molecule has 3 aromatic carbocycles. The maximum Gasteiger partial charge on any atom is 0.416 e. The first-order chi connectivity index (χ1) is 17.1. The molecule has 0 saturated carbocycles. The predicted molar refractivity (Wildman–Crippen MR) is 129 cm³/mol. The minimum absolute atomic E-state index is 0.0618. The molecule has 4 rings (SSSR count). The lowest BCUT2D eigenvalue weighted by Gasteiger charge is -2.18. The fraction of sp³-hybridized carbons (Fsp3) is 0.222. The minimum Gasteiger partial charge on any atom is -0.348 e. The van der Waals surface area contributed by atoms with Crippen molar-refractivity contribution < 1.29 is 27.6 Å². The van der Waals surface area contributed by atoms with Crippen LogP contribution in [0.15, 0.2) is 72.8 Å². The third kappa shape index (κ3) is 5.73. The Kier molecular flexibility index (Phi) is 7.10. The third-order valence-corrected chi connectivity index (χ3v) is 5.95. The lowest BCUT2D eigenvalue weighted by molar-refractivity contribution is -0.137. The number of carbonyl (C=O) groups excluding carboxylic acids is 3. The molecule has 0 aromatic heterocycles. The van der Waals surface area contributed by atoms with Crippen LogP contribution in [-0.4, -0.2) is 24.3 Å². The molecular weight excluding hydrogens is 471 g/mol. The number of nitrogens with zero attached hydrogens (tertiary/aromatic N) is 1. The number of hydrogen-bond donors (Lipinski definition) is 2. The highest BCUT2D eigenvalue weighted by atomic mass is 19.4. The highest BCUT2D eigenvalue weighted by molar-refractivity contribution is 6.07. The van der Waals surface area contributed by atoms with E-state index in [1.807, 2.05) is 31.2 Å². The molecule has 0 spiro atoms. The molecule has 186 valence electrons. The Labute approximate surface area is 206 Å². The van der Waals surface area contributed by atoms with Crippen molar-refractivity contribution in [2.45, 2.75) is 26.1 Å². The van der Waals surface area contributed by atoms with Gasteiger partial charge in [0.25, 0.3) is 5.91 Å². The van der Waals surface area contributed by atoms with Gasteiger partial charge in [0.05, 0.1) is 22.7 Å². The van der Waals surface area contributed by atoms with Crippen molar-refractivity contribution in [3.05, 3.63) is 95.1 Å². The van der Waals surface area contributed by atoms with Crippen molar-refractivity contribution in [3.63, 3.8) is 0 Å². The summed E-state index contributed by atoms with van der Waals surface area (Å²) in [7, 11) is 0. The van der Waals surface area contributed by atoms with Crippen molar-refractivity contribution >= 4 is 29.1 Å². The van der Waals surface area contributed by atoms with E-state index in [1.165, 1.54) is 17.0 Å². The molecule has 1 fully saturated rings. The summed E-state index contributed by atoms with van der Waals surface area (Å²) in [5.41, 5.74) is 1.77. The smallest absolute Gasteiger partial charge is 0.348 e. The summed E-state index contributed by atoms with van der Waals surface area (Å²) in [5, 5.41) is 5.54. The van der Waals surface area contributed by atoms with Crippen molar-refractivity contribution in [2.24, 2.45) is 5.92 Å². The Morgan fingerprint density at radius 1 is 1.00 bits per heavy atom. The number of rotatable bonds is 6. The minimum atomic E-state index is -4.54. The first-order valence-electron chi connectivity index (χ1n) is 11.3. The van der Waals surface area contributed by atoms with E-state index >= 15 is 0 Å². The van der Waals surface area contributed by atoms with Crippen molar-refractivity contribution in [3.8, 4) is 0 Å². The first kappa shape index (κ1) is 25.0. The zero-order valence-corrected chi connectivity index (χ0v) is 19.4. The molecule has 9 heteroatoms.